The molecule has 2 aromatic rings. The Bertz CT molecular complexity index is 736. The second kappa shape index (κ2) is 4.08. The third-order valence-corrected chi connectivity index (χ3v) is 3.15. The lowest BCUT2D eigenvalue weighted by Gasteiger charge is -2.28. The van der Waals surface area contributed by atoms with Gasteiger partial charge < -0.3 is 14.6 Å². The van der Waals surface area contributed by atoms with Crippen LogP contribution in [0.5, 0.6) is 5.75 Å². The highest BCUT2D eigenvalue weighted by molar-refractivity contribution is 5.97. The van der Waals surface area contributed by atoms with Crippen LogP contribution in [0, 0.1) is 6.92 Å². The van der Waals surface area contributed by atoms with Gasteiger partial charge in [-0.25, -0.2) is 4.98 Å². The zero-order valence-electron chi connectivity index (χ0n) is 10.7. The Labute approximate surface area is 109 Å². The summed E-state index contributed by atoms with van der Waals surface area (Å²) in [4.78, 5) is 32.1. The average molecular weight is 259 g/mol. The van der Waals surface area contributed by atoms with E-state index in [1.807, 2.05) is 0 Å². The van der Waals surface area contributed by atoms with Gasteiger partial charge in [0.2, 0.25) is 5.91 Å². The van der Waals surface area contributed by atoms with Crippen molar-refractivity contribution < 1.29 is 9.53 Å². The van der Waals surface area contributed by atoms with Crippen molar-refractivity contribution in [2.45, 2.75) is 13.8 Å². The lowest BCUT2D eigenvalue weighted by molar-refractivity contribution is -0.116. The number of aryl methyl sites for hydroxylation is 1. The van der Waals surface area contributed by atoms with Crippen LogP contribution in [-0.2, 0) is 4.79 Å². The molecule has 0 aliphatic carbocycles. The van der Waals surface area contributed by atoms with Crippen LogP contribution >= 0.6 is 0 Å². The Morgan fingerprint density at radius 2 is 2.26 bits per heavy atom. The molecule has 0 atom stereocenters. The summed E-state index contributed by atoms with van der Waals surface area (Å²) in [6, 6.07) is 3.37. The highest BCUT2D eigenvalue weighted by atomic mass is 16.5. The van der Waals surface area contributed by atoms with Gasteiger partial charge in [-0.05, 0) is 13.0 Å². The molecule has 19 heavy (non-hydrogen) atoms. The van der Waals surface area contributed by atoms with Crippen molar-refractivity contribution in [3.63, 3.8) is 0 Å². The summed E-state index contributed by atoms with van der Waals surface area (Å²) in [7, 11) is 0. The summed E-state index contributed by atoms with van der Waals surface area (Å²) in [6.45, 7) is 4.16. The number of aromatic amines is 1. The SMILES string of the molecule is CC(=O)N1CCOc2cc3nc(C)[nH]c(=O)c3cc21. The van der Waals surface area contributed by atoms with E-state index in [1.165, 1.54) is 6.92 Å². The van der Waals surface area contributed by atoms with Crippen LogP contribution in [0.3, 0.4) is 0 Å². The molecule has 0 fully saturated rings. The van der Waals surface area contributed by atoms with E-state index >= 15 is 0 Å². The normalized spacial score (nSPS) is 14.1. The van der Waals surface area contributed by atoms with Crippen molar-refractivity contribution >= 4 is 22.5 Å². The van der Waals surface area contributed by atoms with Gasteiger partial charge >= 0.3 is 0 Å². The fourth-order valence-corrected chi connectivity index (χ4v) is 2.29. The molecule has 1 aliphatic rings. The van der Waals surface area contributed by atoms with Gasteiger partial charge in [-0.15, -0.1) is 0 Å². The number of carbonyl (C=O) groups is 1. The molecule has 1 N–H and O–H groups in total. The lowest BCUT2D eigenvalue weighted by atomic mass is 10.1. The van der Waals surface area contributed by atoms with E-state index in [1.54, 1.807) is 24.0 Å². The van der Waals surface area contributed by atoms with Gasteiger partial charge in [0.15, 0.2) is 0 Å². The summed E-state index contributed by atoms with van der Waals surface area (Å²) >= 11 is 0. The highest BCUT2D eigenvalue weighted by Crippen LogP contribution is 2.34. The number of carbonyl (C=O) groups excluding carboxylic acids is 1. The van der Waals surface area contributed by atoms with Crippen LogP contribution in [0.1, 0.15) is 12.7 Å². The number of hydrogen-bond acceptors (Lipinski definition) is 4. The van der Waals surface area contributed by atoms with Crippen LogP contribution in [0.25, 0.3) is 10.9 Å². The first-order valence-electron chi connectivity index (χ1n) is 6.02. The number of benzene rings is 1. The molecule has 0 unspecified atom stereocenters. The van der Waals surface area contributed by atoms with Crippen molar-refractivity contribution in [1.82, 2.24) is 9.97 Å². The first-order chi connectivity index (χ1) is 9.06. The van der Waals surface area contributed by atoms with Gasteiger partial charge in [-0.1, -0.05) is 0 Å². The summed E-state index contributed by atoms with van der Waals surface area (Å²) in [5.74, 6) is 1.07. The van der Waals surface area contributed by atoms with E-state index in [4.69, 9.17) is 4.74 Å². The molecule has 1 aromatic heterocycles. The summed E-state index contributed by atoms with van der Waals surface area (Å²) in [6.07, 6.45) is 0. The Hall–Kier alpha value is -2.37. The molecule has 3 rings (SSSR count). The number of H-pyrrole nitrogens is 1. The average Bonchev–Trinajstić information content (AvgIpc) is 2.35. The van der Waals surface area contributed by atoms with Crippen molar-refractivity contribution in [3.05, 3.63) is 28.3 Å². The lowest BCUT2D eigenvalue weighted by Crippen LogP contribution is -2.36. The Kier molecular flexibility index (Phi) is 2.51. The minimum Gasteiger partial charge on any atom is -0.489 e. The highest BCUT2D eigenvalue weighted by Gasteiger charge is 2.22. The van der Waals surface area contributed by atoms with Crippen molar-refractivity contribution in [2.75, 3.05) is 18.1 Å². The Morgan fingerprint density at radius 3 is 3.00 bits per heavy atom. The van der Waals surface area contributed by atoms with Gasteiger partial charge in [0.05, 0.1) is 23.1 Å². The first kappa shape index (κ1) is 11.7. The summed E-state index contributed by atoms with van der Waals surface area (Å²) in [5, 5.41) is 0.459. The second-order valence-corrected chi connectivity index (χ2v) is 4.51. The van der Waals surface area contributed by atoms with Crippen LogP contribution in [-0.4, -0.2) is 29.0 Å². The molecule has 1 amide bonds. The predicted octanol–water partition coefficient (Wildman–Crippen LogP) is 0.977. The van der Waals surface area contributed by atoms with Gasteiger partial charge in [-0.2, -0.15) is 0 Å². The molecule has 0 bridgehead atoms. The molecule has 0 spiro atoms. The molecule has 0 saturated heterocycles. The predicted molar refractivity (Wildman–Crippen MR) is 70.6 cm³/mol. The van der Waals surface area contributed by atoms with Crippen LogP contribution in [0.15, 0.2) is 16.9 Å². The zero-order valence-corrected chi connectivity index (χ0v) is 10.7. The van der Waals surface area contributed by atoms with E-state index < -0.39 is 0 Å². The van der Waals surface area contributed by atoms with Gasteiger partial charge in [0.25, 0.3) is 5.56 Å². The second-order valence-electron chi connectivity index (χ2n) is 4.51. The Morgan fingerprint density at radius 1 is 1.47 bits per heavy atom. The number of nitrogens with zero attached hydrogens (tertiary/aromatic N) is 2. The molecular formula is C13H13N3O3. The first-order valence-corrected chi connectivity index (χ1v) is 6.02. The van der Waals surface area contributed by atoms with Gasteiger partial charge in [0, 0.05) is 13.0 Å². The quantitative estimate of drug-likeness (QED) is 0.765. The standard InChI is InChI=1S/C13H13N3O3/c1-7-14-10-6-12-11(5-9(10)13(18)15-7)16(8(2)17)3-4-19-12/h5-6H,3-4H2,1-2H3,(H,14,15,18). The van der Waals surface area contributed by atoms with Crippen LogP contribution < -0.4 is 15.2 Å². The number of amides is 1. The third-order valence-electron chi connectivity index (χ3n) is 3.15. The molecule has 2 heterocycles. The number of fused-ring (bicyclic) bond motifs is 2. The minimum atomic E-state index is -0.209. The third kappa shape index (κ3) is 1.85. The maximum Gasteiger partial charge on any atom is 0.258 e. The number of aromatic nitrogens is 2. The summed E-state index contributed by atoms with van der Waals surface area (Å²) < 4.78 is 5.55. The number of anilines is 1. The largest absolute Gasteiger partial charge is 0.489 e. The fourth-order valence-electron chi connectivity index (χ4n) is 2.29. The number of nitrogens with one attached hydrogen (secondary N) is 1. The monoisotopic (exact) mass is 259 g/mol. The van der Waals surface area contributed by atoms with Crippen molar-refractivity contribution in [2.24, 2.45) is 0 Å². The maximum absolute atomic E-state index is 11.9. The van der Waals surface area contributed by atoms with Crippen LogP contribution in [0.4, 0.5) is 5.69 Å². The number of ether oxygens (including phenoxy) is 1. The zero-order chi connectivity index (χ0) is 13.6. The molecule has 98 valence electrons. The maximum atomic E-state index is 11.9. The molecule has 6 heteroatoms. The molecule has 6 nitrogen and oxygen atoms in total. The molecular weight excluding hydrogens is 246 g/mol. The van der Waals surface area contributed by atoms with Gasteiger partial charge in [-0.3, -0.25) is 9.59 Å². The van der Waals surface area contributed by atoms with E-state index in [-0.39, 0.29) is 11.5 Å². The fraction of sp³-hybridized carbons (Fsp3) is 0.308. The van der Waals surface area contributed by atoms with E-state index in [0.717, 1.165) is 0 Å². The van der Waals surface area contributed by atoms with E-state index in [0.29, 0.717) is 41.3 Å². The number of rotatable bonds is 0. The minimum absolute atomic E-state index is 0.0691. The van der Waals surface area contributed by atoms with E-state index in [2.05, 4.69) is 9.97 Å². The molecule has 1 aromatic carbocycles. The van der Waals surface area contributed by atoms with Gasteiger partial charge in [0.1, 0.15) is 18.2 Å². The van der Waals surface area contributed by atoms with Crippen LogP contribution in [0.2, 0.25) is 0 Å². The molecule has 0 saturated carbocycles. The topological polar surface area (TPSA) is 75.3 Å². The van der Waals surface area contributed by atoms with E-state index in [9.17, 15) is 9.59 Å². The molecule has 0 radical (unpaired) electrons. The summed E-state index contributed by atoms with van der Waals surface area (Å²) in [5.41, 5.74) is 0.993. The van der Waals surface area contributed by atoms with Crippen molar-refractivity contribution in [1.29, 1.82) is 0 Å². The van der Waals surface area contributed by atoms with Crippen molar-refractivity contribution in [3.8, 4) is 5.75 Å². The Balaban J connectivity index is 2.30. The smallest absolute Gasteiger partial charge is 0.258 e. The molecule has 1 aliphatic heterocycles. The number of hydrogen-bond donors (Lipinski definition) is 1.